The second-order valence-corrected chi connectivity index (χ2v) is 6.84. The molecule has 1 amide bonds. The lowest BCUT2D eigenvalue weighted by Crippen LogP contribution is -3.08. The zero-order valence-electron chi connectivity index (χ0n) is 14.3. The number of aromatic nitrogens is 3. The van der Waals surface area contributed by atoms with Crippen LogP contribution in [0.4, 0.5) is 18.9 Å². The van der Waals surface area contributed by atoms with Crippen LogP contribution in [0.1, 0.15) is 11.1 Å². The van der Waals surface area contributed by atoms with Gasteiger partial charge in [0.15, 0.2) is 6.54 Å². The number of amides is 1. The van der Waals surface area contributed by atoms with Gasteiger partial charge in [-0.05, 0) is 35.0 Å². The van der Waals surface area contributed by atoms with Gasteiger partial charge in [0.2, 0.25) is 0 Å². The summed E-state index contributed by atoms with van der Waals surface area (Å²) in [6, 6.07) is 5.08. The Hall–Kier alpha value is -2.72. The summed E-state index contributed by atoms with van der Waals surface area (Å²) < 4.78 is 40.5. The zero-order chi connectivity index (χ0) is 19.4. The third-order valence-corrected chi connectivity index (χ3v) is 4.54. The minimum Gasteiger partial charge on any atom is -0.326 e. The molecule has 0 saturated carbocycles. The molecule has 2 heterocycles. The van der Waals surface area contributed by atoms with Crippen LogP contribution in [0.25, 0.3) is 5.69 Å². The van der Waals surface area contributed by atoms with Crippen molar-refractivity contribution >= 4 is 22.9 Å². The molecule has 3 rings (SSSR count). The molecule has 2 N–H and O–H groups in total. The van der Waals surface area contributed by atoms with E-state index in [-0.39, 0.29) is 18.1 Å². The first-order chi connectivity index (χ1) is 12.8. The molecule has 0 bridgehead atoms. The molecule has 0 aliphatic rings. The van der Waals surface area contributed by atoms with Crippen LogP contribution in [0.5, 0.6) is 0 Å². The second kappa shape index (κ2) is 7.89. The summed E-state index contributed by atoms with van der Waals surface area (Å²) in [5.41, 5.74) is 0.598. The fourth-order valence-corrected chi connectivity index (χ4v) is 3.29. The van der Waals surface area contributed by atoms with E-state index in [1.807, 2.05) is 23.9 Å². The maximum Gasteiger partial charge on any atom is 0.416 e. The molecule has 2 aromatic heterocycles. The van der Waals surface area contributed by atoms with Gasteiger partial charge in [-0.15, -0.1) is 0 Å². The number of rotatable bonds is 6. The Labute approximate surface area is 157 Å². The first-order valence-electron chi connectivity index (χ1n) is 8.01. The highest BCUT2D eigenvalue weighted by Gasteiger charge is 2.31. The lowest BCUT2D eigenvalue weighted by Gasteiger charge is -2.16. The van der Waals surface area contributed by atoms with Crippen LogP contribution in [0.2, 0.25) is 0 Å². The van der Waals surface area contributed by atoms with E-state index in [2.05, 4.69) is 15.4 Å². The van der Waals surface area contributed by atoms with Gasteiger partial charge in [0.05, 0.1) is 24.0 Å². The zero-order valence-corrected chi connectivity index (χ0v) is 15.1. The van der Waals surface area contributed by atoms with Gasteiger partial charge in [0.1, 0.15) is 19.2 Å². The summed E-state index contributed by atoms with van der Waals surface area (Å²) >= 11 is 1.57. The van der Waals surface area contributed by atoms with Crippen molar-refractivity contribution in [2.45, 2.75) is 12.7 Å². The second-order valence-electron chi connectivity index (χ2n) is 6.06. The number of quaternary nitrogens is 1. The van der Waals surface area contributed by atoms with Crippen LogP contribution in [0, 0.1) is 0 Å². The number of alkyl halides is 3. The van der Waals surface area contributed by atoms with E-state index in [1.54, 1.807) is 11.3 Å². The number of benzene rings is 1. The Morgan fingerprint density at radius 1 is 1.33 bits per heavy atom. The summed E-state index contributed by atoms with van der Waals surface area (Å²) in [6.07, 6.45) is -1.89. The highest BCUT2D eigenvalue weighted by molar-refractivity contribution is 7.07. The molecule has 3 aromatic rings. The largest absolute Gasteiger partial charge is 0.416 e. The summed E-state index contributed by atoms with van der Waals surface area (Å²) in [6.45, 7) is 0.762. The van der Waals surface area contributed by atoms with Crippen molar-refractivity contribution in [1.29, 1.82) is 0 Å². The number of carbonyl (C=O) groups excluding carboxylic acids is 1. The quantitative estimate of drug-likeness (QED) is 0.670. The number of nitrogens with zero attached hydrogens (tertiary/aromatic N) is 3. The predicted octanol–water partition coefficient (Wildman–Crippen LogP) is 2.00. The number of likely N-dealkylation sites (N-methyl/N-ethyl adjacent to an activating group) is 1. The molecule has 10 heteroatoms. The number of halogens is 3. The van der Waals surface area contributed by atoms with Gasteiger partial charge in [-0.25, -0.2) is 9.67 Å². The third kappa shape index (κ3) is 4.92. The van der Waals surface area contributed by atoms with E-state index in [4.69, 9.17) is 0 Å². The summed E-state index contributed by atoms with van der Waals surface area (Å²) in [5, 5.41) is 10.5. The topological polar surface area (TPSA) is 64.2 Å². The molecule has 0 fully saturated rings. The van der Waals surface area contributed by atoms with Crippen molar-refractivity contribution < 1.29 is 22.9 Å². The van der Waals surface area contributed by atoms with Gasteiger partial charge in [-0.3, -0.25) is 4.79 Å². The highest BCUT2D eigenvalue weighted by Crippen LogP contribution is 2.33. The normalized spacial score (nSPS) is 12.7. The Balaban J connectivity index is 1.78. The van der Waals surface area contributed by atoms with E-state index in [0.717, 1.165) is 22.6 Å². The third-order valence-electron chi connectivity index (χ3n) is 3.81. The van der Waals surface area contributed by atoms with Crippen molar-refractivity contribution in [3.05, 3.63) is 58.8 Å². The van der Waals surface area contributed by atoms with Crippen molar-refractivity contribution in [2.24, 2.45) is 0 Å². The maximum absolute atomic E-state index is 13.1. The molecule has 0 saturated heterocycles. The Morgan fingerprint density at radius 2 is 2.15 bits per heavy atom. The number of anilines is 1. The molecular weight excluding hydrogens is 379 g/mol. The van der Waals surface area contributed by atoms with Gasteiger partial charge in [0, 0.05) is 5.56 Å². The number of carbonyl (C=O) groups is 1. The van der Waals surface area contributed by atoms with E-state index in [9.17, 15) is 18.0 Å². The summed E-state index contributed by atoms with van der Waals surface area (Å²) in [5.74, 6) is -0.386. The summed E-state index contributed by atoms with van der Waals surface area (Å²) in [4.78, 5) is 17.1. The minimum atomic E-state index is -4.51. The molecule has 0 spiro atoms. The smallest absolute Gasteiger partial charge is 0.326 e. The Bertz CT molecular complexity index is 894. The van der Waals surface area contributed by atoms with Crippen LogP contribution in [0.15, 0.2) is 47.7 Å². The fourth-order valence-electron chi connectivity index (χ4n) is 2.62. The van der Waals surface area contributed by atoms with Crippen molar-refractivity contribution in [2.75, 3.05) is 18.9 Å². The summed E-state index contributed by atoms with van der Waals surface area (Å²) in [7, 11) is 1.85. The number of hydrogen-bond donors (Lipinski definition) is 2. The SMILES string of the molecule is C[NH+](CC(=O)Nc1cc(C(F)(F)F)ccc1-n1cncn1)Cc1ccsc1. The van der Waals surface area contributed by atoms with Crippen molar-refractivity contribution in [3.63, 3.8) is 0 Å². The predicted molar refractivity (Wildman–Crippen MR) is 94.8 cm³/mol. The van der Waals surface area contributed by atoms with Gasteiger partial charge in [0.25, 0.3) is 5.91 Å². The van der Waals surface area contributed by atoms with Crippen LogP contribution < -0.4 is 10.2 Å². The molecule has 1 atom stereocenters. The van der Waals surface area contributed by atoms with Crippen molar-refractivity contribution in [1.82, 2.24) is 14.8 Å². The number of nitrogens with one attached hydrogen (secondary N) is 2. The van der Waals surface area contributed by atoms with E-state index >= 15 is 0 Å². The average molecular weight is 396 g/mol. The van der Waals surface area contributed by atoms with Gasteiger partial charge in [-0.2, -0.15) is 29.6 Å². The Morgan fingerprint density at radius 3 is 2.78 bits per heavy atom. The maximum atomic E-state index is 13.1. The fraction of sp³-hybridized carbons (Fsp3) is 0.235. The van der Waals surface area contributed by atoms with Crippen molar-refractivity contribution in [3.8, 4) is 5.69 Å². The lowest BCUT2D eigenvalue weighted by molar-refractivity contribution is -0.885. The molecule has 6 nitrogen and oxygen atoms in total. The number of hydrogen-bond acceptors (Lipinski definition) is 4. The van der Waals surface area contributed by atoms with E-state index < -0.39 is 11.7 Å². The molecule has 1 aromatic carbocycles. The lowest BCUT2D eigenvalue weighted by atomic mass is 10.1. The van der Waals surface area contributed by atoms with Gasteiger partial charge in [-0.1, -0.05) is 0 Å². The first-order valence-corrected chi connectivity index (χ1v) is 8.95. The first kappa shape index (κ1) is 19.1. The molecule has 0 aliphatic heterocycles. The standard InChI is InChI=1S/C17H16F3N5OS/c1-24(7-12-4-5-27-9-12)8-16(26)23-14-6-13(17(18,19)20)2-3-15(14)25-11-21-10-22-25/h2-6,9-11H,7-8H2,1H3,(H,23,26)/p+1. The molecule has 1 unspecified atom stereocenters. The monoisotopic (exact) mass is 396 g/mol. The van der Waals surface area contributed by atoms with E-state index in [0.29, 0.717) is 12.2 Å². The highest BCUT2D eigenvalue weighted by atomic mass is 32.1. The molecule has 0 radical (unpaired) electrons. The Kier molecular flexibility index (Phi) is 5.57. The van der Waals surface area contributed by atoms with E-state index in [1.165, 1.54) is 23.4 Å². The number of thiophene rings is 1. The molecule has 27 heavy (non-hydrogen) atoms. The van der Waals surface area contributed by atoms with Crippen LogP contribution in [-0.2, 0) is 17.5 Å². The minimum absolute atomic E-state index is 0.0312. The van der Waals surface area contributed by atoms with Crippen LogP contribution >= 0.6 is 11.3 Å². The molecule has 142 valence electrons. The van der Waals surface area contributed by atoms with Gasteiger partial charge >= 0.3 is 6.18 Å². The van der Waals surface area contributed by atoms with Crippen LogP contribution in [0.3, 0.4) is 0 Å². The molecule has 0 aliphatic carbocycles. The average Bonchev–Trinajstić information content (AvgIpc) is 3.27. The van der Waals surface area contributed by atoms with Gasteiger partial charge < -0.3 is 10.2 Å². The molecular formula is C17H17F3N5OS+. The van der Waals surface area contributed by atoms with Crippen LogP contribution in [-0.4, -0.2) is 34.3 Å².